The Balaban J connectivity index is 2.02. The maximum atomic E-state index is 12.6. The summed E-state index contributed by atoms with van der Waals surface area (Å²) in [5, 5.41) is 0. The highest BCUT2D eigenvalue weighted by Crippen LogP contribution is 2.54. The Morgan fingerprint density at radius 3 is 2.07 bits per heavy atom. The van der Waals surface area contributed by atoms with E-state index in [2.05, 4.69) is 4.74 Å². The molecule has 0 aliphatic heterocycles. The molecule has 27 heavy (non-hydrogen) atoms. The quantitative estimate of drug-likeness (QED) is 0.453. The van der Waals surface area contributed by atoms with E-state index in [0.717, 1.165) is 5.57 Å². The zero-order valence-corrected chi connectivity index (χ0v) is 15.4. The van der Waals surface area contributed by atoms with Crippen molar-refractivity contribution in [3.8, 4) is 0 Å². The van der Waals surface area contributed by atoms with E-state index in [1.807, 2.05) is 0 Å². The number of esters is 3. The van der Waals surface area contributed by atoms with Gasteiger partial charge >= 0.3 is 17.9 Å². The summed E-state index contributed by atoms with van der Waals surface area (Å²) in [6, 6.07) is 6.51. The Hall–Kier alpha value is -2.96. The first-order valence-corrected chi connectivity index (χ1v) is 8.49. The highest BCUT2D eigenvalue weighted by molar-refractivity contribution is 6.24. The summed E-state index contributed by atoms with van der Waals surface area (Å²) in [5.74, 6) is -2.01. The molecule has 0 bridgehead atoms. The summed E-state index contributed by atoms with van der Waals surface area (Å²) in [4.78, 5) is 48.9. The van der Waals surface area contributed by atoms with Crippen LogP contribution in [0.1, 0.15) is 35.2 Å². The van der Waals surface area contributed by atoms with Gasteiger partial charge in [0.05, 0.1) is 26.9 Å². The van der Waals surface area contributed by atoms with Gasteiger partial charge in [0.25, 0.3) is 0 Å². The highest BCUT2D eigenvalue weighted by atomic mass is 16.5. The van der Waals surface area contributed by atoms with E-state index in [4.69, 9.17) is 9.47 Å². The second-order valence-electron chi connectivity index (χ2n) is 6.74. The van der Waals surface area contributed by atoms with Crippen LogP contribution in [0.4, 0.5) is 0 Å². The van der Waals surface area contributed by atoms with Gasteiger partial charge in [0.1, 0.15) is 0 Å². The number of allylic oxidation sites excluding steroid dienone is 2. The van der Waals surface area contributed by atoms with Gasteiger partial charge in [-0.05, 0) is 36.5 Å². The predicted molar refractivity (Wildman–Crippen MR) is 93.5 cm³/mol. The summed E-state index contributed by atoms with van der Waals surface area (Å²) < 4.78 is 14.4. The van der Waals surface area contributed by atoms with Gasteiger partial charge < -0.3 is 14.2 Å². The Labute approximate surface area is 156 Å². The highest BCUT2D eigenvalue weighted by Gasteiger charge is 2.58. The molecule has 0 saturated heterocycles. The summed E-state index contributed by atoms with van der Waals surface area (Å²) in [6.07, 6.45) is 0.521. The van der Waals surface area contributed by atoms with Crippen LogP contribution >= 0.6 is 0 Å². The third-order valence-electron chi connectivity index (χ3n) is 5.36. The fourth-order valence-electron chi connectivity index (χ4n) is 4.10. The van der Waals surface area contributed by atoms with Gasteiger partial charge in [-0.1, -0.05) is 17.7 Å². The number of rotatable bonds is 4. The third kappa shape index (κ3) is 2.93. The van der Waals surface area contributed by atoms with Crippen molar-refractivity contribution in [3.63, 3.8) is 0 Å². The van der Waals surface area contributed by atoms with E-state index >= 15 is 0 Å². The molecule has 2 aliphatic carbocycles. The molecule has 0 aromatic heterocycles. The van der Waals surface area contributed by atoms with Crippen LogP contribution in [-0.2, 0) is 28.6 Å². The van der Waals surface area contributed by atoms with E-state index in [0.29, 0.717) is 16.7 Å². The number of hydrogen-bond acceptors (Lipinski definition) is 7. The molecule has 1 aromatic carbocycles. The van der Waals surface area contributed by atoms with Crippen molar-refractivity contribution in [1.29, 1.82) is 0 Å². The number of fused-ring (bicyclic) bond motifs is 1. The molecule has 0 N–H and O–H groups in total. The van der Waals surface area contributed by atoms with E-state index in [9.17, 15) is 19.2 Å². The van der Waals surface area contributed by atoms with Crippen LogP contribution in [0.15, 0.2) is 29.8 Å². The lowest BCUT2D eigenvalue weighted by Crippen LogP contribution is -2.39. The molecular weight excluding hydrogens is 352 g/mol. The fourth-order valence-corrected chi connectivity index (χ4v) is 4.10. The smallest absolute Gasteiger partial charge is 0.337 e. The molecule has 0 heterocycles. The molecular formula is C20H20O7. The second-order valence-corrected chi connectivity index (χ2v) is 6.74. The number of Topliss-reactive ketones (excluding diaryl/α,β-unsaturated/α-hetero) is 1. The van der Waals surface area contributed by atoms with Crippen molar-refractivity contribution in [1.82, 2.24) is 0 Å². The number of ether oxygens (including phenoxy) is 3. The van der Waals surface area contributed by atoms with Crippen molar-refractivity contribution in [2.75, 3.05) is 21.3 Å². The van der Waals surface area contributed by atoms with Crippen LogP contribution in [0.25, 0.3) is 5.57 Å². The van der Waals surface area contributed by atoms with Crippen molar-refractivity contribution in [2.45, 2.75) is 19.3 Å². The van der Waals surface area contributed by atoms with Gasteiger partial charge in [-0.3, -0.25) is 14.4 Å². The number of carbonyl (C=O) groups is 4. The standard InChI is InChI=1S/C20H20O7/c1-25-17(22)12-6-4-11(5-7-12)16-14-10-20(18(23)26-2,19(24)27-3)9-13(14)8-15(16)21/h4-7,13H,8-10H2,1-3H3. The van der Waals surface area contributed by atoms with Crippen LogP contribution in [0.3, 0.4) is 0 Å². The van der Waals surface area contributed by atoms with E-state index in [1.54, 1.807) is 24.3 Å². The number of carbonyl (C=O) groups excluding carboxylic acids is 4. The molecule has 3 rings (SSSR count). The van der Waals surface area contributed by atoms with Gasteiger partial charge in [0, 0.05) is 12.0 Å². The van der Waals surface area contributed by atoms with Crippen LogP contribution in [0.5, 0.6) is 0 Å². The SMILES string of the molecule is COC(=O)c1ccc(C2=C3CC(C(=O)OC)(C(=O)OC)CC3CC2=O)cc1. The minimum absolute atomic E-state index is 0.0378. The topological polar surface area (TPSA) is 96.0 Å². The number of hydrogen-bond donors (Lipinski definition) is 0. The minimum atomic E-state index is -1.42. The Morgan fingerprint density at radius 1 is 0.963 bits per heavy atom. The maximum absolute atomic E-state index is 12.6. The Bertz CT molecular complexity index is 832. The summed E-state index contributed by atoms with van der Waals surface area (Å²) in [7, 11) is 3.75. The zero-order chi connectivity index (χ0) is 19.8. The average Bonchev–Trinajstić information content (AvgIpc) is 3.20. The first-order valence-electron chi connectivity index (χ1n) is 8.49. The van der Waals surface area contributed by atoms with E-state index < -0.39 is 23.3 Å². The molecule has 1 fully saturated rings. The number of methoxy groups -OCH3 is 3. The first-order chi connectivity index (χ1) is 12.9. The second kappa shape index (κ2) is 6.98. The molecule has 0 spiro atoms. The normalized spacial score (nSPS) is 20.3. The van der Waals surface area contributed by atoms with Gasteiger partial charge in [0.2, 0.25) is 0 Å². The monoisotopic (exact) mass is 372 g/mol. The van der Waals surface area contributed by atoms with E-state index in [-0.39, 0.29) is 31.0 Å². The van der Waals surface area contributed by atoms with Crippen molar-refractivity contribution in [3.05, 3.63) is 41.0 Å². The lowest BCUT2D eigenvalue weighted by atomic mass is 9.83. The fraction of sp³-hybridized carbons (Fsp3) is 0.400. The molecule has 0 amide bonds. The third-order valence-corrected chi connectivity index (χ3v) is 5.36. The van der Waals surface area contributed by atoms with E-state index in [1.165, 1.54) is 21.3 Å². The molecule has 2 aliphatic rings. The largest absolute Gasteiger partial charge is 0.468 e. The van der Waals surface area contributed by atoms with Gasteiger partial charge in [-0.15, -0.1) is 0 Å². The summed E-state index contributed by atoms with van der Waals surface area (Å²) in [5.41, 5.74) is 0.878. The molecule has 7 nitrogen and oxygen atoms in total. The first kappa shape index (κ1) is 18.8. The maximum Gasteiger partial charge on any atom is 0.337 e. The molecule has 0 radical (unpaired) electrons. The van der Waals surface area contributed by atoms with Crippen LogP contribution in [0.2, 0.25) is 0 Å². The molecule has 142 valence electrons. The molecule has 7 heteroatoms. The zero-order valence-electron chi connectivity index (χ0n) is 15.4. The van der Waals surface area contributed by atoms with Crippen molar-refractivity contribution >= 4 is 29.3 Å². The minimum Gasteiger partial charge on any atom is -0.468 e. The molecule has 1 atom stereocenters. The summed E-state index contributed by atoms with van der Waals surface area (Å²) >= 11 is 0. The number of benzene rings is 1. The Kier molecular flexibility index (Phi) is 4.87. The van der Waals surface area contributed by atoms with Gasteiger partial charge in [-0.2, -0.15) is 0 Å². The molecule has 1 aromatic rings. The number of ketones is 1. The molecule has 1 unspecified atom stereocenters. The van der Waals surface area contributed by atoms with Crippen molar-refractivity contribution < 1.29 is 33.4 Å². The van der Waals surface area contributed by atoms with Crippen LogP contribution in [0, 0.1) is 11.3 Å². The lowest BCUT2D eigenvalue weighted by molar-refractivity contribution is -0.168. The lowest BCUT2D eigenvalue weighted by Gasteiger charge is -2.23. The predicted octanol–water partition coefficient (Wildman–Crippen LogP) is 1.94. The summed E-state index contributed by atoms with van der Waals surface area (Å²) in [6.45, 7) is 0. The average molecular weight is 372 g/mol. The molecule has 1 saturated carbocycles. The van der Waals surface area contributed by atoms with Crippen LogP contribution in [-0.4, -0.2) is 45.0 Å². The van der Waals surface area contributed by atoms with Crippen molar-refractivity contribution in [2.24, 2.45) is 11.3 Å². The van der Waals surface area contributed by atoms with Gasteiger partial charge in [-0.25, -0.2) is 4.79 Å². The van der Waals surface area contributed by atoms with Gasteiger partial charge in [0.15, 0.2) is 11.2 Å². The Morgan fingerprint density at radius 2 is 1.56 bits per heavy atom. The van der Waals surface area contributed by atoms with Crippen LogP contribution < -0.4 is 0 Å².